The molecule has 0 saturated carbocycles. The molecule has 1 aliphatic rings. The molecule has 1 saturated heterocycles. The number of benzene rings is 2. The van der Waals surface area contributed by atoms with Crippen molar-refractivity contribution >= 4 is 21.5 Å². The van der Waals surface area contributed by atoms with Gasteiger partial charge in [0.25, 0.3) is 10.0 Å². The summed E-state index contributed by atoms with van der Waals surface area (Å²) >= 11 is 0. The minimum Gasteiger partial charge on any atom is -0.354 e. The summed E-state index contributed by atoms with van der Waals surface area (Å²) in [4.78, 5) is 9.47. The van der Waals surface area contributed by atoms with Gasteiger partial charge >= 0.3 is 0 Å². The van der Waals surface area contributed by atoms with Crippen molar-refractivity contribution in [3.05, 3.63) is 83.6 Å². The Balaban J connectivity index is 1.35. The van der Waals surface area contributed by atoms with Gasteiger partial charge in [-0.2, -0.15) is 0 Å². The number of nitrogens with one attached hydrogen (secondary N) is 1. The number of anilines is 2. The van der Waals surface area contributed by atoms with Gasteiger partial charge in [-0.05, 0) is 60.9 Å². The quantitative estimate of drug-likeness (QED) is 0.636. The van der Waals surface area contributed by atoms with Crippen molar-refractivity contribution in [2.45, 2.75) is 25.3 Å². The molecule has 0 unspecified atom stereocenters. The SMILES string of the molecule is Cc1ccc(C)c(S(=O)(=O)Nc2ccc(CN3CCN(c4ccccn4)CC3)cc2)c1. The molecule has 0 aliphatic carbocycles. The molecule has 1 fully saturated rings. The Morgan fingerprint density at radius 3 is 2.35 bits per heavy atom. The van der Waals surface area contributed by atoms with Crippen LogP contribution in [0.3, 0.4) is 0 Å². The van der Waals surface area contributed by atoms with Crippen molar-refractivity contribution in [2.75, 3.05) is 35.8 Å². The van der Waals surface area contributed by atoms with Gasteiger partial charge in [0.05, 0.1) is 4.90 Å². The van der Waals surface area contributed by atoms with E-state index in [9.17, 15) is 8.42 Å². The van der Waals surface area contributed by atoms with Crippen LogP contribution >= 0.6 is 0 Å². The molecule has 2 aromatic carbocycles. The smallest absolute Gasteiger partial charge is 0.262 e. The molecule has 1 N–H and O–H groups in total. The van der Waals surface area contributed by atoms with Crippen LogP contribution in [0.1, 0.15) is 16.7 Å². The van der Waals surface area contributed by atoms with Gasteiger partial charge in [0.15, 0.2) is 0 Å². The Kier molecular flexibility index (Phi) is 6.25. The Morgan fingerprint density at radius 2 is 1.68 bits per heavy atom. The third-order valence-corrected chi connectivity index (χ3v) is 7.11. The molecule has 3 aromatic rings. The van der Waals surface area contributed by atoms with Crippen LogP contribution in [-0.4, -0.2) is 44.5 Å². The molecule has 0 spiro atoms. The van der Waals surface area contributed by atoms with Crippen LogP contribution in [0.25, 0.3) is 0 Å². The third kappa shape index (κ3) is 5.24. The van der Waals surface area contributed by atoms with E-state index in [1.807, 2.05) is 74.6 Å². The number of hydrogen-bond donors (Lipinski definition) is 1. The monoisotopic (exact) mass is 436 g/mol. The van der Waals surface area contributed by atoms with Gasteiger partial charge < -0.3 is 4.90 Å². The highest BCUT2D eigenvalue weighted by atomic mass is 32.2. The van der Waals surface area contributed by atoms with E-state index >= 15 is 0 Å². The normalized spacial score (nSPS) is 15.1. The summed E-state index contributed by atoms with van der Waals surface area (Å²) in [5.74, 6) is 1.03. The average Bonchev–Trinajstić information content (AvgIpc) is 2.78. The third-order valence-electron chi connectivity index (χ3n) is 5.59. The fraction of sp³-hybridized carbons (Fsp3) is 0.292. The Bertz CT molecular complexity index is 1120. The highest BCUT2D eigenvalue weighted by molar-refractivity contribution is 7.92. The molecule has 0 atom stereocenters. The summed E-state index contributed by atoms with van der Waals surface area (Å²) in [5, 5.41) is 0. The Hall–Kier alpha value is -2.90. The summed E-state index contributed by atoms with van der Waals surface area (Å²) in [6.45, 7) is 8.39. The van der Waals surface area contributed by atoms with E-state index < -0.39 is 10.0 Å². The van der Waals surface area contributed by atoms with Crippen molar-refractivity contribution < 1.29 is 8.42 Å². The lowest BCUT2D eigenvalue weighted by Gasteiger charge is -2.35. The van der Waals surface area contributed by atoms with E-state index in [0.717, 1.165) is 49.7 Å². The van der Waals surface area contributed by atoms with Gasteiger partial charge in [-0.1, -0.05) is 30.3 Å². The van der Waals surface area contributed by atoms with Gasteiger partial charge in [-0.25, -0.2) is 13.4 Å². The minimum absolute atomic E-state index is 0.322. The standard InChI is InChI=1S/C24H28N4O2S/c1-19-6-7-20(2)23(17-19)31(29,30)26-22-10-8-21(9-11-22)18-27-13-15-28(16-14-27)24-5-3-4-12-25-24/h3-12,17,26H,13-16,18H2,1-2H3. The molecular formula is C24H28N4O2S. The van der Waals surface area contributed by atoms with E-state index in [0.29, 0.717) is 10.6 Å². The Labute approximate surface area is 184 Å². The zero-order valence-electron chi connectivity index (χ0n) is 18.0. The summed E-state index contributed by atoms with van der Waals surface area (Å²) in [6, 6.07) is 19.1. The zero-order valence-corrected chi connectivity index (χ0v) is 18.8. The molecule has 4 rings (SSSR count). The first-order valence-electron chi connectivity index (χ1n) is 10.5. The fourth-order valence-electron chi connectivity index (χ4n) is 3.82. The van der Waals surface area contributed by atoms with Crippen molar-refractivity contribution in [3.63, 3.8) is 0 Å². The van der Waals surface area contributed by atoms with Crippen molar-refractivity contribution in [1.29, 1.82) is 0 Å². The molecule has 2 heterocycles. The van der Waals surface area contributed by atoms with Gasteiger partial charge in [-0.15, -0.1) is 0 Å². The molecule has 31 heavy (non-hydrogen) atoms. The second kappa shape index (κ2) is 9.08. The van der Waals surface area contributed by atoms with E-state index in [-0.39, 0.29) is 0 Å². The average molecular weight is 437 g/mol. The van der Waals surface area contributed by atoms with Crippen LogP contribution in [0.4, 0.5) is 11.5 Å². The highest BCUT2D eigenvalue weighted by Crippen LogP contribution is 2.21. The maximum Gasteiger partial charge on any atom is 0.262 e. The predicted octanol–water partition coefficient (Wildman–Crippen LogP) is 3.82. The van der Waals surface area contributed by atoms with Gasteiger partial charge in [0, 0.05) is 44.6 Å². The Morgan fingerprint density at radius 1 is 0.935 bits per heavy atom. The maximum atomic E-state index is 12.8. The summed E-state index contributed by atoms with van der Waals surface area (Å²) in [5.41, 5.74) is 3.40. The number of nitrogens with zero attached hydrogens (tertiary/aromatic N) is 3. The minimum atomic E-state index is -3.61. The van der Waals surface area contributed by atoms with Crippen LogP contribution in [0.15, 0.2) is 71.8 Å². The molecule has 0 bridgehead atoms. The topological polar surface area (TPSA) is 65.5 Å². The highest BCUT2D eigenvalue weighted by Gasteiger charge is 2.19. The van der Waals surface area contributed by atoms with Crippen molar-refractivity contribution in [2.24, 2.45) is 0 Å². The number of aromatic nitrogens is 1. The number of aryl methyl sites for hydroxylation is 2. The molecule has 1 aliphatic heterocycles. The summed E-state index contributed by atoms with van der Waals surface area (Å²) in [6.07, 6.45) is 1.83. The number of sulfonamides is 1. The van der Waals surface area contributed by atoms with Crippen LogP contribution in [0.5, 0.6) is 0 Å². The predicted molar refractivity (Wildman–Crippen MR) is 125 cm³/mol. The lowest BCUT2D eigenvalue weighted by molar-refractivity contribution is 0.249. The first-order valence-corrected chi connectivity index (χ1v) is 12.0. The van der Waals surface area contributed by atoms with Gasteiger partial charge in [0.1, 0.15) is 5.82 Å². The van der Waals surface area contributed by atoms with Crippen LogP contribution in [0.2, 0.25) is 0 Å². The first kappa shape index (κ1) is 21.3. The number of piperazine rings is 1. The van der Waals surface area contributed by atoms with Gasteiger partial charge in [0.2, 0.25) is 0 Å². The largest absolute Gasteiger partial charge is 0.354 e. The van der Waals surface area contributed by atoms with Gasteiger partial charge in [-0.3, -0.25) is 9.62 Å². The molecule has 6 nitrogen and oxygen atoms in total. The van der Waals surface area contributed by atoms with E-state index in [1.54, 1.807) is 6.07 Å². The fourth-order valence-corrected chi connectivity index (χ4v) is 5.21. The zero-order chi connectivity index (χ0) is 21.8. The molecule has 162 valence electrons. The molecule has 1 aromatic heterocycles. The van der Waals surface area contributed by atoms with Crippen molar-refractivity contribution in [1.82, 2.24) is 9.88 Å². The lowest BCUT2D eigenvalue weighted by Crippen LogP contribution is -2.46. The second-order valence-electron chi connectivity index (χ2n) is 8.02. The first-order chi connectivity index (χ1) is 14.9. The van der Waals surface area contributed by atoms with Crippen molar-refractivity contribution in [3.8, 4) is 0 Å². The lowest BCUT2D eigenvalue weighted by atomic mass is 10.2. The molecular weight excluding hydrogens is 408 g/mol. The van der Waals surface area contributed by atoms with E-state index in [4.69, 9.17) is 0 Å². The van der Waals surface area contributed by atoms with Crippen LogP contribution < -0.4 is 9.62 Å². The second-order valence-corrected chi connectivity index (χ2v) is 9.67. The molecule has 7 heteroatoms. The van der Waals surface area contributed by atoms with Crippen LogP contribution in [0, 0.1) is 13.8 Å². The number of hydrogen-bond acceptors (Lipinski definition) is 5. The molecule has 0 amide bonds. The van der Waals surface area contributed by atoms with E-state index in [1.165, 1.54) is 5.56 Å². The summed E-state index contributed by atoms with van der Waals surface area (Å²) < 4.78 is 28.3. The van der Waals surface area contributed by atoms with Crippen LogP contribution in [-0.2, 0) is 16.6 Å². The number of rotatable bonds is 6. The summed E-state index contributed by atoms with van der Waals surface area (Å²) in [7, 11) is -3.61. The maximum absolute atomic E-state index is 12.8. The number of pyridine rings is 1. The van der Waals surface area contributed by atoms with E-state index in [2.05, 4.69) is 19.5 Å². The molecule has 0 radical (unpaired) electrons.